The molecule has 0 aliphatic heterocycles. The Hall–Kier alpha value is -1.08. The molecule has 21 heavy (non-hydrogen) atoms. The molecule has 1 saturated carbocycles. The lowest BCUT2D eigenvalue weighted by Gasteiger charge is -2.39. The van der Waals surface area contributed by atoms with E-state index in [4.69, 9.17) is 0 Å². The molecule has 2 rings (SSSR count). The zero-order valence-electron chi connectivity index (χ0n) is 13.1. The van der Waals surface area contributed by atoms with Gasteiger partial charge in [-0.15, -0.1) is 10.2 Å². The van der Waals surface area contributed by atoms with Gasteiger partial charge in [0.05, 0.1) is 0 Å². The van der Waals surface area contributed by atoms with Crippen molar-refractivity contribution in [2.75, 3.05) is 0 Å². The summed E-state index contributed by atoms with van der Waals surface area (Å²) in [6.07, 6.45) is 3.25. The number of carboxylic acids is 1. The van der Waals surface area contributed by atoms with Gasteiger partial charge in [-0.2, -0.15) is 0 Å². The number of carboxylic acid groups (broad SMARTS) is 1. The molecule has 0 amide bonds. The SMILES string of the molecule is Cc1nnc(SC2CCCC(NC(C)C)(C(=O)O)C2)n1C. The number of aryl methyl sites for hydroxylation is 1. The number of aromatic nitrogens is 3. The molecule has 1 fully saturated rings. The average Bonchev–Trinajstić information content (AvgIpc) is 2.70. The minimum absolute atomic E-state index is 0.155. The van der Waals surface area contributed by atoms with Crippen LogP contribution < -0.4 is 5.32 Å². The van der Waals surface area contributed by atoms with E-state index < -0.39 is 11.5 Å². The van der Waals surface area contributed by atoms with Crippen molar-refractivity contribution in [2.45, 2.75) is 68.4 Å². The molecule has 7 heteroatoms. The Kier molecular flexibility index (Phi) is 4.93. The Labute approximate surface area is 129 Å². The van der Waals surface area contributed by atoms with Crippen LogP contribution in [0.15, 0.2) is 5.16 Å². The summed E-state index contributed by atoms with van der Waals surface area (Å²) in [4.78, 5) is 11.8. The van der Waals surface area contributed by atoms with Gasteiger partial charge in [-0.1, -0.05) is 11.8 Å². The van der Waals surface area contributed by atoms with Gasteiger partial charge >= 0.3 is 5.97 Å². The first kappa shape index (κ1) is 16.3. The molecule has 0 radical (unpaired) electrons. The Morgan fingerprint density at radius 1 is 1.52 bits per heavy atom. The maximum atomic E-state index is 11.8. The number of carbonyl (C=O) groups is 1. The topological polar surface area (TPSA) is 80.0 Å². The number of nitrogens with one attached hydrogen (secondary N) is 1. The Morgan fingerprint density at radius 3 is 2.76 bits per heavy atom. The van der Waals surface area contributed by atoms with Crippen LogP contribution in [0.5, 0.6) is 0 Å². The van der Waals surface area contributed by atoms with Gasteiger partial charge in [0.2, 0.25) is 0 Å². The fourth-order valence-electron chi connectivity index (χ4n) is 2.90. The van der Waals surface area contributed by atoms with E-state index >= 15 is 0 Å². The van der Waals surface area contributed by atoms with Gasteiger partial charge in [0.1, 0.15) is 11.4 Å². The summed E-state index contributed by atoms with van der Waals surface area (Å²) in [6, 6.07) is 0.155. The monoisotopic (exact) mass is 312 g/mol. The summed E-state index contributed by atoms with van der Waals surface area (Å²) in [5, 5.41) is 22.3. The van der Waals surface area contributed by atoms with Crippen molar-refractivity contribution in [1.82, 2.24) is 20.1 Å². The highest BCUT2D eigenvalue weighted by Gasteiger charge is 2.43. The molecule has 0 aromatic carbocycles. The van der Waals surface area contributed by atoms with Crippen LogP contribution in [-0.2, 0) is 11.8 Å². The van der Waals surface area contributed by atoms with Gasteiger partial charge in [0.15, 0.2) is 5.16 Å². The summed E-state index contributed by atoms with van der Waals surface area (Å²) < 4.78 is 1.96. The Bertz CT molecular complexity index is 517. The molecule has 6 nitrogen and oxygen atoms in total. The normalized spacial score (nSPS) is 26.2. The molecular weight excluding hydrogens is 288 g/mol. The van der Waals surface area contributed by atoms with Gasteiger partial charge in [-0.05, 0) is 46.5 Å². The summed E-state index contributed by atoms with van der Waals surface area (Å²) in [5.41, 5.74) is -0.808. The second-order valence-corrected chi connectivity index (χ2v) is 7.38. The first-order valence-electron chi connectivity index (χ1n) is 7.38. The maximum Gasteiger partial charge on any atom is 0.323 e. The first-order chi connectivity index (χ1) is 9.84. The average molecular weight is 312 g/mol. The molecule has 2 N–H and O–H groups in total. The highest BCUT2D eigenvalue weighted by atomic mass is 32.2. The van der Waals surface area contributed by atoms with Gasteiger partial charge in [0, 0.05) is 18.3 Å². The molecule has 1 aliphatic rings. The van der Waals surface area contributed by atoms with E-state index in [0.29, 0.717) is 12.8 Å². The standard InChI is InChI=1S/C14H24N4O2S/c1-9(2)15-14(12(19)20)7-5-6-11(8-14)21-13-17-16-10(3)18(13)4/h9,11,15H,5-8H2,1-4H3,(H,19,20). The fraction of sp³-hybridized carbons (Fsp3) is 0.786. The Morgan fingerprint density at radius 2 is 2.24 bits per heavy atom. The minimum atomic E-state index is -0.808. The van der Waals surface area contributed by atoms with Gasteiger partial charge in [0.25, 0.3) is 0 Å². The third-order valence-electron chi connectivity index (χ3n) is 4.00. The van der Waals surface area contributed by atoms with E-state index in [0.717, 1.165) is 23.8 Å². The number of rotatable bonds is 5. The minimum Gasteiger partial charge on any atom is -0.480 e. The van der Waals surface area contributed by atoms with E-state index in [1.807, 2.05) is 32.4 Å². The third kappa shape index (κ3) is 3.58. The number of thioether (sulfide) groups is 1. The van der Waals surface area contributed by atoms with Crippen molar-refractivity contribution < 1.29 is 9.90 Å². The lowest BCUT2D eigenvalue weighted by atomic mass is 9.81. The molecule has 0 bridgehead atoms. The number of hydrogen-bond donors (Lipinski definition) is 2. The van der Waals surface area contributed by atoms with E-state index in [2.05, 4.69) is 15.5 Å². The molecule has 0 spiro atoms. The summed E-state index contributed by atoms with van der Waals surface area (Å²) in [7, 11) is 1.94. The summed E-state index contributed by atoms with van der Waals surface area (Å²) in [5.74, 6) is 0.133. The summed E-state index contributed by atoms with van der Waals surface area (Å²) >= 11 is 1.64. The number of nitrogens with zero attached hydrogens (tertiary/aromatic N) is 3. The van der Waals surface area contributed by atoms with Crippen LogP contribution in [-0.4, -0.2) is 42.7 Å². The van der Waals surface area contributed by atoms with Crippen molar-refractivity contribution in [3.05, 3.63) is 5.82 Å². The zero-order valence-corrected chi connectivity index (χ0v) is 13.9. The van der Waals surface area contributed by atoms with Crippen molar-refractivity contribution >= 4 is 17.7 Å². The van der Waals surface area contributed by atoms with E-state index in [9.17, 15) is 9.90 Å². The molecule has 2 atom stereocenters. The van der Waals surface area contributed by atoms with Crippen LogP contribution in [0, 0.1) is 6.92 Å². The largest absolute Gasteiger partial charge is 0.480 e. The fourth-order valence-corrected chi connectivity index (χ4v) is 4.23. The quantitative estimate of drug-likeness (QED) is 0.865. The lowest BCUT2D eigenvalue weighted by Crippen LogP contribution is -2.57. The molecule has 1 heterocycles. The highest BCUT2D eigenvalue weighted by Crippen LogP contribution is 2.38. The molecule has 1 aliphatic carbocycles. The Balaban J connectivity index is 2.12. The second-order valence-electron chi connectivity index (χ2n) is 6.11. The van der Waals surface area contributed by atoms with Crippen LogP contribution in [0.2, 0.25) is 0 Å². The predicted octanol–water partition coefficient (Wildman–Crippen LogP) is 1.98. The van der Waals surface area contributed by atoms with Crippen LogP contribution in [0.3, 0.4) is 0 Å². The molecule has 0 saturated heterocycles. The molecule has 118 valence electrons. The molecular formula is C14H24N4O2S. The first-order valence-corrected chi connectivity index (χ1v) is 8.26. The molecule has 2 unspecified atom stereocenters. The van der Waals surface area contributed by atoms with E-state index in [1.165, 1.54) is 0 Å². The lowest BCUT2D eigenvalue weighted by molar-refractivity contribution is -0.146. The molecule has 1 aromatic heterocycles. The van der Waals surface area contributed by atoms with Crippen molar-refractivity contribution in [2.24, 2.45) is 7.05 Å². The zero-order chi connectivity index (χ0) is 15.6. The second kappa shape index (κ2) is 6.36. The van der Waals surface area contributed by atoms with Crippen LogP contribution in [0.25, 0.3) is 0 Å². The van der Waals surface area contributed by atoms with Crippen molar-refractivity contribution in [3.63, 3.8) is 0 Å². The maximum absolute atomic E-state index is 11.8. The summed E-state index contributed by atoms with van der Waals surface area (Å²) in [6.45, 7) is 5.90. The van der Waals surface area contributed by atoms with Crippen molar-refractivity contribution in [3.8, 4) is 0 Å². The van der Waals surface area contributed by atoms with Crippen LogP contribution in [0.1, 0.15) is 45.4 Å². The van der Waals surface area contributed by atoms with Crippen LogP contribution in [0.4, 0.5) is 0 Å². The van der Waals surface area contributed by atoms with Gasteiger partial charge in [-0.25, -0.2) is 0 Å². The van der Waals surface area contributed by atoms with E-state index in [-0.39, 0.29) is 11.3 Å². The smallest absolute Gasteiger partial charge is 0.323 e. The van der Waals surface area contributed by atoms with E-state index in [1.54, 1.807) is 11.8 Å². The van der Waals surface area contributed by atoms with Gasteiger partial charge in [-0.3, -0.25) is 10.1 Å². The predicted molar refractivity (Wildman–Crippen MR) is 82.5 cm³/mol. The number of aliphatic carboxylic acids is 1. The number of hydrogen-bond acceptors (Lipinski definition) is 5. The molecule has 1 aromatic rings. The van der Waals surface area contributed by atoms with Crippen molar-refractivity contribution in [1.29, 1.82) is 0 Å². The third-order valence-corrected chi connectivity index (χ3v) is 5.31. The van der Waals surface area contributed by atoms with Crippen LogP contribution >= 0.6 is 11.8 Å². The highest BCUT2D eigenvalue weighted by molar-refractivity contribution is 7.99. The van der Waals surface area contributed by atoms with Gasteiger partial charge < -0.3 is 9.67 Å².